The molecule has 30 heavy (non-hydrogen) atoms. The summed E-state index contributed by atoms with van der Waals surface area (Å²) in [5, 5.41) is 16.2. The van der Waals surface area contributed by atoms with Crippen LogP contribution in [0.4, 0.5) is 0 Å². The highest BCUT2D eigenvalue weighted by Crippen LogP contribution is 2.48. The molecule has 2 amide bonds. The molecule has 0 bridgehead atoms. The average molecular weight is 420 g/mol. The number of hydrogen-bond acceptors (Lipinski definition) is 6. The molecular formula is C21H33N5O4. The first-order valence-corrected chi connectivity index (χ1v) is 11.1. The number of likely N-dealkylation sites (tertiary alicyclic amines) is 1. The van der Waals surface area contributed by atoms with Gasteiger partial charge < -0.3 is 20.1 Å². The van der Waals surface area contributed by atoms with Crippen molar-refractivity contribution in [3.8, 4) is 0 Å². The van der Waals surface area contributed by atoms with Crippen molar-refractivity contribution in [1.29, 1.82) is 0 Å². The van der Waals surface area contributed by atoms with E-state index in [1.165, 1.54) is 0 Å². The number of nitrogens with one attached hydrogen (secondary N) is 1. The molecule has 1 aromatic rings. The Morgan fingerprint density at radius 3 is 2.80 bits per heavy atom. The number of piperidine rings is 1. The molecule has 9 heteroatoms. The molecule has 3 heterocycles. The summed E-state index contributed by atoms with van der Waals surface area (Å²) in [7, 11) is 0. The maximum atomic E-state index is 13.3. The van der Waals surface area contributed by atoms with Gasteiger partial charge in [0.2, 0.25) is 11.8 Å². The number of carbonyl (C=O) groups excluding carboxylic acids is 2. The van der Waals surface area contributed by atoms with E-state index in [4.69, 9.17) is 4.74 Å². The van der Waals surface area contributed by atoms with Crippen LogP contribution in [0, 0.1) is 11.3 Å². The molecule has 9 nitrogen and oxygen atoms in total. The van der Waals surface area contributed by atoms with Crippen molar-refractivity contribution in [3.05, 3.63) is 18.5 Å². The first-order valence-electron chi connectivity index (χ1n) is 11.1. The third-order valence-corrected chi connectivity index (χ3v) is 7.10. The fourth-order valence-electron chi connectivity index (χ4n) is 5.47. The Hall–Kier alpha value is -1.97. The number of aromatic nitrogens is 2. The minimum atomic E-state index is -0.573. The number of fused-ring (bicyclic) bond motifs is 1. The van der Waals surface area contributed by atoms with E-state index < -0.39 is 5.41 Å². The zero-order valence-corrected chi connectivity index (χ0v) is 17.5. The lowest BCUT2D eigenvalue weighted by atomic mass is 9.61. The molecule has 0 spiro atoms. The zero-order chi connectivity index (χ0) is 21.0. The maximum Gasteiger partial charge on any atom is 0.244 e. The molecular weight excluding hydrogens is 386 g/mol. The Morgan fingerprint density at radius 1 is 1.23 bits per heavy atom. The number of nitrogens with zero attached hydrogens (tertiary/aromatic N) is 4. The Labute approximate surface area is 177 Å². The second-order valence-corrected chi connectivity index (χ2v) is 8.72. The van der Waals surface area contributed by atoms with Crippen molar-refractivity contribution in [2.24, 2.45) is 11.3 Å². The number of rotatable bonds is 6. The minimum absolute atomic E-state index is 0.00165. The number of morpholine rings is 1. The van der Waals surface area contributed by atoms with Gasteiger partial charge in [0.1, 0.15) is 6.54 Å². The first kappa shape index (κ1) is 21.3. The predicted octanol–water partition coefficient (Wildman–Crippen LogP) is -0.289. The third-order valence-electron chi connectivity index (χ3n) is 7.10. The van der Waals surface area contributed by atoms with Gasteiger partial charge >= 0.3 is 0 Å². The number of aliphatic hydroxyl groups excluding tert-OH is 1. The van der Waals surface area contributed by atoms with Crippen LogP contribution in [0.1, 0.15) is 25.7 Å². The van der Waals surface area contributed by atoms with E-state index in [1.54, 1.807) is 23.1 Å². The largest absolute Gasteiger partial charge is 0.395 e. The van der Waals surface area contributed by atoms with Gasteiger partial charge in [0.15, 0.2) is 0 Å². The van der Waals surface area contributed by atoms with Gasteiger partial charge in [-0.25, -0.2) is 0 Å². The fourth-order valence-corrected chi connectivity index (χ4v) is 5.47. The van der Waals surface area contributed by atoms with E-state index in [9.17, 15) is 14.7 Å². The van der Waals surface area contributed by atoms with E-state index in [0.717, 1.165) is 52.0 Å². The van der Waals surface area contributed by atoms with Crippen LogP contribution in [0.15, 0.2) is 18.5 Å². The summed E-state index contributed by atoms with van der Waals surface area (Å²) in [6.07, 6.45) is 6.97. The van der Waals surface area contributed by atoms with Crippen molar-refractivity contribution in [2.75, 3.05) is 52.5 Å². The van der Waals surface area contributed by atoms with Gasteiger partial charge in [-0.1, -0.05) is 0 Å². The Bertz CT molecular complexity index is 721. The molecule has 1 aromatic heterocycles. The smallest absolute Gasteiger partial charge is 0.244 e. The summed E-state index contributed by atoms with van der Waals surface area (Å²) >= 11 is 0. The number of ether oxygens (including phenoxy) is 1. The van der Waals surface area contributed by atoms with Gasteiger partial charge in [-0.3, -0.25) is 19.2 Å². The Balaban J connectivity index is 1.48. The molecule has 3 atom stereocenters. The summed E-state index contributed by atoms with van der Waals surface area (Å²) in [5.74, 6) is 0.229. The monoisotopic (exact) mass is 419 g/mol. The molecule has 0 unspecified atom stereocenters. The summed E-state index contributed by atoms with van der Waals surface area (Å²) in [5.41, 5.74) is -0.573. The van der Waals surface area contributed by atoms with E-state index >= 15 is 0 Å². The molecule has 3 fully saturated rings. The highest BCUT2D eigenvalue weighted by molar-refractivity contribution is 5.85. The quantitative estimate of drug-likeness (QED) is 0.658. The van der Waals surface area contributed by atoms with Crippen LogP contribution in [-0.2, 0) is 20.9 Å². The molecule has 2 saturated heterocycles. The Kier molecular flexibility index (Phi) is 6.70. The van der Waals surface area contributed by atoms with Gasteiger partial charge in [-0.2, -0.15) is 5.10 Å². The van der Waals surface area contributed by atoms with Gasteiger partial charge in [0.05, 0.1) is 25.2 Å². The average Bonchev–Trinajstić information content (AvgIpc) is 3.30. The summed E-state index contributed by atoms with van der Waals surface area (Å²) < 4.78 is 7.13. The molecule has 166 valence electrons. The van der Waals surface area contributed by atoms with E-state index in [1.807, 2.05) is 4.90 Å². The second-order valence-electron chi connectivity index (χ2n) is 8.72. The first-order chi connectivity index (χ1) is 14.6. The third kappa shape index (κ3) is 4.38. The lowest BCUT2D eigenvalue weighted by molar-refractivity contribution is -0.151. The maximum absolute atomic E-state index is 13.3. The van der Waals surface area contributed by atoms with Gasteiger partial charge in [-0.15, -0.1) is 0 Å². The number of hydrogen-bond donors (Lipinski definition) is 2. The molecule has 4 rings (SSSR count). The molecule has 2 N–H and O–H groups in total. The van der Waals surface area contributed by atoms with E-state index in [-0.39, 0.29) is 37.4 Å². The van der Waals surface area contributed by atoms with Crippen LogP contribution in [-0.4, -0.2) is 95.1 Å². The number of aliphatic hydroxyl groups is 1. The Morgan fingerprint density at radius 2 is 2.07 bits per heavy atom. The molecule has 2 aliphatic heterocycles. The van der Waals surface area contributed by atoms with Crippen molar-refractivity contribution >= 4 is 11.8 Å². The molecule has 1 aliphatic carbocycles. The van der Waals surface area contributed by atoms with Crippen LogP contribution in [0.2, 0.25) is 0 Å². The van der Waals surface area contributed by atoms with Crippen molar-refractivity contribution in [2.45, 2.75) is 38.3 Å². The van der Waals surface area contributed by atoms with Crippen LogP contribution in [0.5, 0.6) is 0 Å². The summed E-state index contributed by atoms with van der Waals surface area (Å²) in [4.78, 5) is 30.5. The summed E-state index contributed by atoms with van der Waals surface area (Å²) in [6.45, 7) is 4.96. The van der Waals surface area contributed by atoms with E-state index in [2.05, 4.69) is 15.3 Å². The lowest BCUT2D eigenvalue weighted by Gasteiger charge is -2.53. The fraction of sp³-hybridized carbons (Fsp3) is 0.762. The van der Waals surface area contributed by atoms with Crippen LogP contribution < -0.4 is 5.32 Å². The van der Waals surface area contributed by atoms with Crippen molar-refractivity contribution in [1.82, 2.24) is 24.9 Å². The van der Waals surface area contributed by atoms with Crippen molar-refractivity contribution < 1.29 is 19.4 Å². The van der Waals surface area contributed by atoms with Gasteiger partial charge in [0.25, 0.3) is 0 Å². The predicted molar refractivity (Wildman–Crippen MR) is 109 cm³/mol. The number of amides is 2. The minimum Gasteiger partial charge on any atom is -0.395 e. The number of carbonyl (C=O) groups is 2. The second kappa shape index (κ2) is 9.45. The summed E-state index contributed by atoms with van der Waals surface area (Å²) in [6, 6.07) is 2.28. The highest BCUT2D eigenvalue weighted by atomic mass is 16.5. The SMILES string of the molecule is O=C(Cn1cccn1)N1CC[C@@H]2C[C@@H](N3CCOCC3)CC[C@@]2(C(=O)NCCO)C1. The molecule has 0 aromatic carbocycles. The molecule has 0 radical (unpaired) electrons. The highest BCUT2D eigenvalue weighted by Gasteiger charge is 2.53. The topological polar surface area (TPSA) is 99.9 Å². The van der Waals surface area contributed by atoms with Crippen LogP contribution in [0.3, 0.4) is 0 Å². The normalized spacial score (nSPS) is 30.0. The lowest BCUT2D eigenvalue weighted by Crippen LogP contribution is -2.62. The zero-order valence-electron chi connectivity index (χ0n) is 17.5. The molecule has 1 saturated carbocycles. The van der Waals surface area contributed by atoms with Gasteiger partial charge in [0, 0.05) is 51.2 Å². The van der Waals surface area contributed by atoms with Crippen molar-refractivity contribution in [3.63, 3.8) is 0 Å². The molecule has 3 aliphatic rings. The van der Waals surface area contributed by atoms with Crippen LogP contribution in [0.25, 0.3) is 0 Å². The van der Waals surface area contributed by atoms with Crippen LogP contribution >= 0.6 is 0 Å². The standard InChI is InChI=1S/C21H33N5O4/c27-11-6-22-20(29)21-4-2-18(24-9-12-30-13-10-24)14-17(21)3-8-25(16-21)19(28)15-26-7-1-5-23-26/h1,5,7,17-18,27H,2-4,6,8-16H2,(H,22,29)/t17-,18+,21-/m1/s1. The van der Waals surface area contributed by atoms with E-state index in [0.29, 0.717) is 19.1 Å². The van der Waals surface area contributed by atoms with Gasteiger partial charge in [-0.05, 0) is 37.7 Å².